The number of hydrogen-bond acceptors (Lipinski definition) is 0. The van der Waals surface area contributed by atoms with E-state index in [1.165, 1.54) is 4.64 Å². The van der Waals surface area contributed by atoms with Crippen molar-refractivity contribution in [2.24, 2.45) is 0 Å². The van der Waals surface area contributed by atoms with Crippen molar-refractivity contribution in [2.45, 2.75) is 16.7 Å². The summed E-state index contributed by atoms with van der Waals surface area (Å²) in [5.74, 6) is 0. The zero-order chi connectivity index (χ0) is 3.73. The molecule has 0 aromatic carbocycles. The quantitative estimate of drug-likeness (QED) is 0.445. The Balaban J connectivity index is 2.38. The number of rotatable bonds is 0. The summed E-state index contributed by atoms with van der Waals surface area (Å²) in [6.07, 6.45) is 0. The van der Waals surface area contributed by atoms with Gasteiger partial charge in [0.15, 0.2) is 25.0 Å². The Morgan fingerprint density at radius 1 is 1.67 bits per heavy atom. The minimum absolute atomic E-state index is 0.296. The topological polar surface area (TPSA) is 0 Å². The molecule has 4 aliphatic rings. The van der Waals surface area contributed by atoms with E-state index in [-0.39, 0.29) is 0 Å². The summed E-state index contributed by atoms with van der Waals surface area (Å²) >= 11 is 0. The van der Waals surface area contributed by atoms with Gasteiger partial charge in [-0.1, -0.05) is 0 Å². The van der Waals surface area contributed by atoms with Crippen LogP contribution in [0.1, 0.15) is 6.92 Å². The molecule has 4 fully saturated rings. The molecule has 4 aliphatic heterocycles. The van der Waals surface area contributed by atoms with Crippen LogP contribution in [0.5, 0.6) is 0 Å². The molecule has 0 saturated carbocycles. The molecular formula is C3H4P3+. The average Bonchev–Trinajstić information content (AvgIpc) is 2.08. The van der Waals surface area contributed by atoms with Crippen LogP contribution < -0.4 is 0 Å². The second-order valence-corrected chi connectivity index (χ2v) is 19.2. The SMILES string of the molecule is CC12P3C4P1[P+]432. The summed E-state index contributed by atoms with van der Waals surface area (Å²) in [4.78, 5) is 0. The van der Waals surface area contributed by atoms with E-state index in [9.17, 15) is 0 Å². The van der Waals surface area contributed by atoms with Crippen LogP contribution in [0.3, 0.4) is 0 Å². The molecule has 4 saturated heterocycles. The molecule has 2 atom stereocenters. The average molecular weight is 133 g/mol. The van der Waals surface area contributed by atoms with Crippen molar-refractivity contribution < 1.29 is 0 Å². The molecule has 3 heteroatoms. The van der Waals surface area contributed by atoms with Gasteiger partial charge >= 0.3 is 0 Å². The van der Waals surface area contributed by atoms with Crippen LogP contribution in [0.25, 0.3) is 0 Å². The van der Waals surface area contributed by atoms with Crippen molar-refractivity contribution in [3.63, 3.8) is 0 Å². The van der Waals surface area contributed by atoms with Gasteiger partial charge in [0.1, 0.15) is 6.64 Å². The summed E-state index contributed by atoms with van der Waals surface area (Å²) < 4.78 is 1.25. The first-order chi connectivity index (χ1) is 2.86. The predicted molar refractivity (Wildman–Crippen MR) is 33.0 cm³/mol. The molecule has 0 N–H and O–H groups in total. The van der Waals surface area contributed by atoms with Crippen LogP contribution in [0, 0.1) is 0 Å². The van der Waals surface area contributed by atoms with E-state index in [2.05, 4.69) is 6.92 Å². The van der Waals surface area contributed by atoms with Gasteiger partial charge in [-0.15, -0.1) is 0 Å². The smallest absolute Gasteiger partial charge is 0.00933 e. The molecular weight excluding hydrogens is 129 g/mol. The second kappa shape index (κ2) is 0.354. The van der Waals surface area contributed by atoms with E-state index in [1.807, 2.05) is 0 Å². The van der Waals surface area contributed by atoms with Crippen LogP contribution in [0.2, 0.25) is 0 Å². The number of fused-ring (bicyclic) bond motifs is 4. The lowest BCUT2D eigenvalue weighted by Gasteiger charge is -1.97. The first-order valence-corrected chi connectivity index (χ1v) is 8.44. The molecule has 1 spiro atoms. The van der Waals surface area contributed by atoms with E-state index < -0.39 is 0 Å². The van der Waals surface area contributed by atoms with Crippen molar-refractivity contribution >= 4 is 21.9 Å². The highest BCUT2D eigenvalue weighted by Crippen LogP contribution is 3.80. The maximum atomic E-state index is 2.57. The lowest BCUT2D eigenvalue weighted by Crippen LogP contribution is -1.97. The maximum absolute atomic E-state index is 2.57. The molecule has 0 aromatic heterocycles. The van der Waals surface area contributed by atoms with Crippen LogP contribution in [-0.4, -0.2) is 9.78 Å². The maximum Gasteiger partial charge on any atom is 0.198 e. The highest BCUT2D eigenvalue weighted by atomic mass is 32.7. The molecule has 0 aromatic rings. The molecule has 30 valence electrons. The minimum atomic E-state index is 0.296. The van der Waals surface area contributed by atoms with E-state index in [0.29, 0.717) is 6.64 Å². The normalized spacial score (nSPS) is 118. The Bertz CT molecular complexity index is 164. The first-order valence-electron chi connectivity index (χ1n) is 2.35. The molecule has 2 unspecified atom stereocenters. The van der Waals surface area contributed by atoms with Gasteiger partial charge in [-0.25, -0.2) is 0 Å². The molecule has 0 radical (unpaired) electrons. The third kappa shape index (κ3) is 0.0600. The van der Waals surface area contributed by atoms with Gasteiger partial charge < -0.3 is 0 Å². The summed E-state index contributed by atoms with van der Waals surface area (Å²) in [6.45, 7) is 2.86. The second-order valence-electron chi connectivity index (χ2n) is 2.66. The van der Waals surface area contributed by atoms with Crippen LogP contribution in [-0.2, 0) is 0 Å². The van der Waals surface area contributed by atoms with Gasteiger partial charge in [-0.05, 0) is 6.92 Å². The van der Waals surface area contributed by atoms with Crippen LogP contribution in [0.15, 0.2) is 0 Å². The predicted octanol–water partition coefficient (Wildman–Crippen LogP) is 2.81. The molecule has 0 nitrogen and oxygen atoms in total. The molecule has 0 aliphatic carbocycles. The third-order valence-electron chi connectivity index (χ3n) is 2.72. The zero-order valence-corrected chi connectivity index (χ0v) is 6.10. The van der Waals surface area contributed by atoms with E-state index in [4.69, 9.17) is 0 Å². The molecule has 0 bridgehead atoms. The Hall–Kier alpha value is 1.29. The third-order valence-corrected chi connectivity index (χ3v) is 32.6. The van der Waals surface area contributed by atoms with E-state index in [1.54, 1.807) is 5.14 Å². The summed E-state index contributed by atoms with van der Waals surface area (Å²) in [7, 11) is 1.86. The summed E-state index contributed by atoms with van der Waals surface area (Å²) in [6, 6.07) is 0. The Labute approximate surface area is 39.3 Å². The fraction of sp³-hybridized carbons (Fsp3) is 1.00. The molecule has 6 heavy (non-hydrogen) atoms. The number of hydrogen-bond donors (Lipinski definition) is 0. The largest absolute Gasteiger partial charge is 0.198 e. The van der Waals surface area contributed by atoms with E-state index in [0.717, 1.165) is 15.2 Å². The van der Waals surface area contributed by atoms with Crippen molar-refractivity contribution in [3.05, 3.63) is 0 Å². The lowest BCUT2D eigenvalue weighted by molar-refractivity contribution is 1.29. The Kier molecular flexibility index (Phi) is 0.161. The minimum Gasteiger partial charge on any atom is -0.00933 e. The van der Waals surface area contributed by atoms with Crippen molar-refractivity contribution in [1.29, 1.82) is 0 Å². The summed E-state index contributed by atoms with van der Waals surface area (Å²) in [5.41, 5.74) is 0. The van der Waals surface area contributed by atoms with Crippen molar-refractivity contribution in [2.75, 3.05) is 0 Å². The highest BCUT2D eigenvalue weighted by Gasteiger charge is 3.45. The Morgan fingerprint density at radius 3 is 2.00 bits per heavy atom. The first kappa shape index (κ1) is 2.72. The summed E-state index contributed by atoms with van der Waals surface area (Å²) in [5, 5.41) is 1.56. The molecule has 4 heterocycles. The van der Waals surface area contributed by atoms with Gasteiger partial charge in [0.2, 0.25) is 0 Å². The monoisotopic (exact) mass is 133 g/mol. The van der Waals surface area contributed by atoms with Gasteiger partial charge in [-0.2, -0.15) is 0 Å². The molecule has 0 amide bonds. The van der Waals surface area contributed by atoms with Gasteiger partial charge in [0.25, 0.3) is 0 Å². The van der Waals surface area contributed by atoms with Gasteiger partial charge in [0.05, 0.1) is 0 Å². The van der Waals surface area contributed by atoms with Crippen molar-refractivity contribution in [3.8, 4) is 0 Å². The highest BCUT2D eigenvalue weighted by molar-refractivity contribution is 9.25. The standard InChI is InChI=1S/C3H4P3/c1-3-4-2-5(3)6(2,3)4/h2H,1H3/q+1. The van der Waals surface area contributed by atoms with E-state index >= 15 is 0 Å². The lowest BCUT2D eigenvalue weighted by atomic mass is 10.9. The van der Waals surface area contributed by atoms with Crippen LogP contribution in [0.4, 0.5) is 0 Å². The van der Waals surface area contributed by atoms with Crippen LogP contribution >= 0.6 is 21.9 Å². The van der Waals surface area contributed by atoms with Gasteiger partial charge in [0, 0.05) is 0 Å². The fourth-order valence-electron chi connectivity index (χ4n) is 2.05. The van der Waals surface area contributed by atoms with Crippen molar-refractivity contribution in [1.82, 2.24) is 0 Å². The molecule has 4 rings (SSSR count). The fourth-order valence-corrected chi connectivity index (χ4v) is 44.8. The Morgan fingerprint density at radius 2 is 2.00 bits per heavy atom. The zero-order valence-electron chi connectivity index (χ0n) is 3.42. The van der Waals surface area contributed by atoms with Gasteiger partial charge in [-0.3, -0.25) is 0 Å².